The van der Waals surface area contributed by atoms with Crippen molar-refractivity contribution in [2.45, 2.75) is 53.4 Å². The molecule has 120 valence electrons. The molecule has 0 aliphatic heterocycles. The largest absolute Gasteiger partial charge is 0.449 e. The lowest BCUT2D eigenvalue weighted by Gasteiger charge is -2.25. The Kier molecular flexibility index (Phi) is 7.26. The first-order chi connectivity index (χ1) is 9.91. The molecule has 0 aromatic heterocycles. The maximum absolute atomic E-state index is 12.2. The average molecular weight is 297 g/mol. The van der Waals surface area contributed by atoms with Crippen molar-refractivity contribution in [3.63, 3.8) is 0 Å². The quantitative estimate of drug-likeness (QED) is 0.757. The van der Waals surface area contributed by atoms with E-state index in [1.165, 1.54) is 0 Å². The van der Waals surface area contributed by atoms with E-state index >= 15 is 0 Å². The molecule has 1 rings (SSSR count). The number of allylic oxidation sites excluding steroid dienone is 2. The van der Waals surface area contributed by atoms with E-state index in [0.29, 0.717) is 25.3 Å². The minimum atomic E-state index is -0.634. The Labute approximate surface area is 127 Å². The van der Waals surface area contributed by atoms with Crippen molar-refractivity contribution < 1.29 is 19.1 Å². The highest BCUT2D eigenvalue weighted by Gasteiger charge is 2.29. The summed E-state index contributed by atoms with van der Waals surface area (Å²) in [4.78, 5) is 25.4. The number of carbonyl (C=O) groups is 2. The Bertz CT molecular complexity index is 364. The van der Waals surface area contributed by atoms with Gasteiger partial charge in [0.05, 0.1) is 13.2 Å². The Morgan fingerprint density at radius 2 is 1.57 bits per heavy atom. The van der Waals surface area contributed by atoms with Crippen molar-refractivity contribution in [2.24, 2.45) is 11.8 Å². The van der Waals surface area contributed by atoms with Gasteiger partial charge in [-0.25, -0.2) is 9.59 Å². The summed E-state index contributed by atoms with van der Waals surface area (Å²) in [7, 11) is 0. The van der Waals surface area contributed by atoms with Gasteiger partial charge in [-0.05, 0) is 37.5 Å². The maximum Gasteiger partial charge on any atom is 0.423 e. The summed E-state index contributed by atoms with van der Waals surface area (Å²) in [5, 5.41) is 0. The van der Waals surface area contributed by atoms with Crippen molar-refractivity contribution in [1.82, 2.24) is 4.90 Å². The molecule has 0 spiro atoms. The molecular weight excluding hydrogens is 270 g/mol. The standard InChI is InChI=1S/C16H27NO4/c1-12(2)10-20-15(18)17(14-8-6-5-7-9-14)16(19)21-11-13(3)4/h8,12-13H,5-7,9-11H2,1-4H3. The monoisotopic (exact) mass is 297 g/mol. The van der Waals surface area contributed by atoms with Crippen LogP contribution in [0.1, 0.15) is 53.4 Å². The number of carbonyl (C=O) groups excluding carboxylic acids is 2. The van der Waals surface area contributed by atoms with Crippen molar-refractivity contribution in [2.75, 3.05) is 13.2 Å². The Morgan fingerprint density at radius 3 is 1.95 bits per heavy atom. The Balaban J connectivity index is 2.75. The zero-order chi connectivity index (χ0) is 15.8. The summed E-state index contributed by atoms with van der Waals surface area (Å²) in [6.45, 7) is 8.40. The zero-order valence-electron chi connectivity index (χ0n) is 13.6. The normalized spacial score (nSPS) is 14.9. The second-order valence-corrected chi connectivity index (χ2v) is 6.22. The van der Waals surface area contributed by atoms with E-state index in [0.717, 1.165) is 24.2 Å². The predicted molar refractivity (Wildman–Crippen MR) is 80.8 cm³/mol. The average Bonchev–Trinajstić information content (AvgIpc) is 2.44. The van der Waals surface area contributed by atoms with Gasteiger partial charge in [0.15, 0.2) is 0 Å². The lowest BCUT2D eigenvalue weighted by molar-refractivity contribution is 0.0744. The van der Waals surface area contributed by atoms with Gasteiger partial charge >= 0.3 is 12.2 Å². The third-order valence-corrected chi connectivity index (χ3v) is 3.00. The first kappa shape index (κ1) is 17.5. The molecule has 0 aromatic rings. The second kappa shape index (κ2) is 8.70. The van der Waals surface area contributed by atoms with Gasteiger partial charge in [-0.15, -0.1) is 0 Å². The Hall–Kier alpha value is -1.52. The summed E-state index contributed by atoms with van der Waals surface area (Å²) in [6.07, 6.45) is 4.29. The van der Waals surface area contributed by atoms with E-state index in [1.807, 2.05) is 33.8 Å². The van der Waals surface area contributed by atoms with Gasteiger partial charge in [0.2, 0.25) is 0 Å². The predicted octanol–water partition coefficient (Wildman–Crippen LogP) is 4.33. The van der Waals surface area contributed by atoms with Gasteiger partial charge in [-0.2, -0.15) is 4.90 Å². The molecule has 5 heteroatoms. The topological polar surface area (TPSA) is 55.8 Å². The van der Waals surface area contributed by atoms with Crippen LogP contribution in [0.15, 0.2) is 11.8 Å². The molecule has 0 aromatic carbocycles. The van der Waals surface area contributed by atoms with Crippen molar-refractivity contribution in [1.29, 1.82) is 0 Å². The van der Waals surface area contributed by atoms with Crippen LogP contribution < -0.4 is 0 Å². The highest BCUT2D eigenvalue weighted by molar-refractivity contribution is 5.90. The van der Waals surface area contributed by atoms with Crippen LogP contribution in [0, 0.1) is 11.8 Å². The minimum absolute atomic E-state index is 0.225. The SMILES string of the molecule is CC(C)COC(=O)N(C(=O)OCC(C)C)C1=CCCCC1. The number of hydrogen-bond donors (Lipinski definition) is 0. The Morgan fingerprint density at radius 1 is 1.05 bits per heavy atom. The molecule has 0 fully saturated rings. The molecular formula is C16H27NO4. The molecule has 1 aliphatic rings. The number of hydrogen-bond acceptors (Lipinski definition) is 4. The summed E-state index contributed by atoms with van der Waals surface area (Å²) >= 11 is 0. The molecule has 0 unspecified atom stereocenters. The maximum atomic E-state index is 12.2. The molecule has 0 atom stereocenters. The number of imide groups is 1. The molecule has 0 radical (unpaired) electrons. The van der Waals surface area contributed by atoms with Crippen LogP contribution in [-0.4, -0.2) is 30.3 Å². The second-order valence-electron chi connectivity index (χ2n) is 6.22. The zero-order valence-corrected chi connectivity index (χ0v) is 13.6. The minimum Gasteiger partial charge on any atom is -0.449 e. The van der Waals surface area contributed by atoms with Gasteiger partial charge in [-0.3, -0.25) is 0 Å². The van der Waals surface area contributed by atoms with Crippen molar-refractivity contribution >= 4 is 12.2 Å². The number of amides is 2. The van der Waals surface area contributed by atoms with E-state index in [2.05, 4.69) is 0 Å². The van der Waals surface area contributed by atoms with E-state index < -0.39 is 12.2 Å². The van der Waals surface area contributed by atoms with Gasteiger partial charge in [0.1, 0.15) is 0 Å². The number of rotatable bonds is 5. The fourth-order valence-corrected chi connectivity index (χ4v) is 1.94. The van der Waals surface area contributed by atoms with E-state index in [1.54, 1.807) is 0 Å². The molecule has 0 saturated carbocycles. The molecule has 2 amide bonds. The summed E-state index contributed by atoms with van der Waals surface area (Å²) < 4.78 is 10.4. The van der Waals surface area contributed by atoms with Crippen LogP contribution in [0.25, 0.3) is 0 Å². The lowest BCUT2D eigenvalue weighted by Crippen LogP contribution is -2.38. The van der Waals surface area contributed by atoms with Crippen LogP contribution in [0.4, 0.5) is 9.59 Å². The third kappa shape index (κ3) is 6.19. The highest BCUT2D eigenvalue weighted by atomic mass is 16.6. The van der Waals surface area contributed by atoms with Gasteiger partial charge < -0.3 is 9.47 Å². The molecule has 0 heterocycles. The van der Waals surface area contributed by atoms with Crippen molar-refractivity contribution in [3.05, 3.63) is 11.8 Å². The smallest absolute Gasteiger partial charge is 0.423 e. The van der Waals surface area contributed by atoms with Crippen LogP contribution in [-0.2, 0) is 9.47 Å². The van der Waals surface area contributed by atoms with Crippen LogP contribution in [0.2, 0.25) is 0 Å². The molecule has 1 aliphatic carbocycles. The summed E-state index contributed by atoms with van der Waals surface area (Å²) in [5.41, 5.74) is 0.698. The van der Waals surface area contributed by atoms with Crippen molar-refractivity contribution in [3.8, 4) is 0 Å². The van der Waals surface area contributed by atoms with Gasteiger partial charge in [-0.1, -0.05) is 33.8 Å². The molecule has 21 heavy (non-hydrogen) atoms. The fourth-order valence-electron chi connectivity index (χ4n) is 1.94. The summed E-state index contributed by atoms with van der Waals surface area (Å²) in [5.74, 6) is 0.450. The summed E-state index contributed by atoms with van der Waals surface area (Å²) in [6, 6.07) is 0. The third-order valence-electron chi connectivity index (χ3n) is 3.00. The number of ether oxygens (including phenoxy) is 2. The lowest BCUT2D eigenvalue weighted by atomic mass is 10.0. The molecule has 0 N–H and O–H groups in total. The fraction of sp³-hybridized carbons (Fsp3) is 0.750. The van der Waals surface area contributed by atoms with Crippen LogP contribution in [0.3, 0.4) is 0 Å². The molecule has 0 bridgehead atoms. The molecule has 5 nitrogen and oxygen atoms in total. The highest BCUT2D eigenvalue weighted by Crippen LogP contribution is 2.23. The van der Waals surface area contributed by atoms with Gasteiger partial charge in [0.25, 0.3) is 0 Å². The van der Waals surface area contributed by atoms with E-state index in [4.69, 9.17) is 9.47 Å². The van der Waals surface area contributed by atoms with Crippen LogP contribution >= 0.6 is 0 Å². The van der Waals surface area contributed by atoms with Gasteiger partial charge in [0, 0.05) is 5.70 Å². The van der Waals surface area contributed by atoms with Crippen LogP contribution in [0.5, 0.6) is 0 Å². The number of nitrogens with zero attached hydrogens (tertiary/aromatic N) is 1. The first-order valence-electron chi connectivity index (χ1n) is 7.74. The van der Waals surface area contributed by atoms with E-state index in [9.17, 15) is 9.59 Å². The van der Waals surface area contributed by atoms with E-state index in [-0.39, 0.29) is 11.8 Å². The molecule has 0 saturated heterocycles. The first-order valence-corrected chi connectivity index (χ1v) is 7.74.